The summed E-state index contributed by atoms with van der Waals surface area (Å²) in [6.45, 7) is 3.79. The van der Waals surface area contributed by atoms with Crippen molar-refractivity contribution in [3.05, 3.63) is 41.5 Å². The summed E-state index contributed by atoms with van der Waals surface area (Å²) in [6.07, 6.45) is 0. The fourth-order valence-electron chi connectivity index (χ4n) is 1.58. The molecule has 2 N–H and O–H groups in total. The summed E-state index contributed by atoms with van der Waals surface area (Å²) in [5.41, 5.74) is 8.19. The highest BCUT2D eigenvalue weighted by molar-refractivity contribution is 5.58. The lowest BCUT2D eigenvalue weighted by Crippen LogP contribution is -2.04. The molecule has 2 rings (SSSR count). The van der Waals surface area contributed by atoms with Crippen LogP contribution in [-0.4, -0.2) is 9.78 Å². The number of hydrogen-bond acceptors (Lipinski definition) is 2. The molecule has 2 aromatic rings. The van der Waals surface area contributed by atoms with Crippen molar-refractivity contribution in [1.82, 2.24) is 9.78 Å². The maximum atomic E-state index is 13.2. The minimum absolute atomic E-state index is 0.128. The lowest BCUT2D eigenvalue weighted by Gasteiger charge is -2.07. The van der Waals surface area contributed by atoms with Crippen LogP contribution < -0.4 is 5.73 Å². The quantitative estimate of drug-likeness (QED) is 0.725. The van der Waals surface area contributed by atoms with Gasteiger partial charge in [0.2, 0.25) is 0 Å². The van der Waals surface area contributed by atoms with Crippen molar-refractivity contribution in [2.45, 2.75) is 13.8 Å². The Morgan fingerprint density at radius 3 is 2.67 bits per heavy atom. The Morgan fingerprint density at radius 2 is 2.07 bits per heavy atom. The van der Waals surface area contributed by atoms with Crippen molar-refractivity contribution in [2.24, 2.45) is 0 Å². The fourth-order valence-corrected chi connectivity index (χ4v) is 1.58. The van der Waals surface area contributed by atoms with Crippen LogP contribution in [-0.2, 0) is 0 Å². The topological polar surface area (TPSA) is 43.8 Å². The molecule has 4 heteroatoms. The number of nitrogens with zero attached hydrogens (tertiary/aromatic N) is 2. The summed E-state index contributed by atoms with van der Waals surface area (Å²) in [7, 11) is 0. The minimum Gasteiger partial charge on any atom is -0.395 e. The van der Waals surface area contributed by atoms with E-state index in [0.717, 1.165) is 11.4 Å². The minimum atomic E-state index is -0.417. The highest BCUT2D eigenvalue weighted by Gasteiger charge is 2.09. The molecule has 15 heavy (non-hydrogen) atoms. The number of aromatic nitrogens is 2. The van der Waals surface area contributed by atoms with Crippen molar-refractivity contribution in [3.8, 4) is 5.69 Å². The van der Waals surface area contributed by atoms with Gasteiger partial charge >= 0.3 is 0 Å². The van der Waals surface area contributed by atoms with Gasteiger partial charge in [0.15, 0.2) is 0 Å². The third-order valence-corrected chi connectivity index (χ3v) is 2.27. The van der Waals surface area contributed by atoms with Crippen LogP contribution in [0.4, 0.5) is 10.1 Å². The average molecular weight is 205 g/mol. The SMILES string of the molecule is Cc1cc(C)n(-c2cccc(F)c2N)n1. The van der Waals surface area contributed by atoms with Gasteiger partial charge in [0.05, 0.1) is 17.1 Å². The Bertz CT molecular complexity index is 503. The molecule has 1 aromatic carbocycles. The molecule has 0 saturated carbocycles. The van der Waals surface area contributed by atoms with E-state index in [1.807, 2.05) is 19.9 Å². The van der Waals surface area contributed by atoms with E-state index in [2.05, 4.69) is 5.10 Å². The summed E-state index contributed by atoms with van der Waals surface area (Å²) in [4.78, 5) is 0. The van der Waals surface area contributed by atoms with E-state index in [4.69, 9.17) is 5.73 Å². The van der Waals surface area contributed by atoms with E-state index in [0.29, 0.717) is 5.69 Å². The Kier molecular flexibility index (Phi) is 2.19. The number of nitrogens with two attached hydrogens (primary N) is 1. The van der Waals surface area contributed by atoms with Crippen molar-refractivity contribution >= 4 is 5.69 Å². The van der Waals surface area contributed by atoms with Gasteiger partial charge in [0.1, 0.15) is 5.82 Å². The Hall–Kier alpha value is -1.84. The van der Waals surface area contributed by atoms with Gasteiger partial charge < -0.3 is 5.73 Å². The summed E-state index contributed by atoms with van der Waals surface area (Å²) >= 11 is 0. The molecule has 0 aliphatic heterocycles. The van der Waals surface area contributed by atoms with E-state index in [1.165, 1.54) is 6.07 Å². The van der Waals surface area contributed by atoms with Gasteiger partial charge in [0.25, 0.3) is 0 Å². The van der Waals surface area contributed by atoms with Crippen LogP contribution in [0.25, 0.3) is 5.69 Å². The van der Waals surface area contributed by atoms with E-state index in [1.54, 1.807) is 16.8 Å². The number of anilines is 1. The van der Waals surface area contributed by atoms with Crippen molar-refractivity contribution in [1.29, 1.82) is 0 Å². The van der Waals surface area contributed by atoms with Crippen LogP contribution in [0.3, 0.4) is 0 Å². The molecule has 0 atom stereocenters. The molecule has 0 aliphatic rings. The predicted octanol–water partition coefficient (Wildman–Crippen LogP) is 2.21. The smallest absolute Gasteiger partial charge is 0.148 e. The van der Waals surface area contributed by atoms with Gasteiger partial charge in [0, 0.05) is 5.69 Å². The zero-order valence-corrected chi connectivity index (χ0v) is 8.66. The maximum Gasteiger partial charge on any atom is 0.148 e. The highest BCUT2D eigenvalue weighted by atomic mass is 19.1. The first-order valence-corrected chi connectivity index (χ1v) is 4.67. The number of benzene rings is 1. The van der Waals surface area contributed by atoms with Gasteiger partial charge in [-0.1, -0.05) is 6.07 Å². The number of rotatable bonds is 1. The zero-order chi connectivity index (χ0) is 11.0. The van der Waals surface area contributed by atoms with E-state index < -0.39 is 5.82 Å². The second-order valence-corrected chi connectivity index (χ2v) is 3.51. The second kappa shape index (κ2) is 3.38. The Morgan fingerprint density at radius 1 is 1.33 bits per heavy atom. The van der Waals surface area contributed by atoms with Crippen LogP contribution in [0.15, 0.2) is 24.3 Å². The number of hydrogen-bond donors (Lipinski definition) is 1. The molecule has 0 amide bonds. The summed E-state index contributed by atoms with van der Waals surface area (Å²) < 4.78 is 14.9. The molecule has 0 unspecified atom stereocenters. The Balaban J connectivity index is 2.64. The van der Waals surface area contributed by atoms with Crippen LogP contribution in [0, 0.1) is 19.7 Å². The van der Waals surface area contributed by atoms with Crippen molar-refractivity contribution < 1.29 is 4.39 Å². The third-order valence-electron chi connectivity index (χ3n) is 2.27. The molecule has 0 fully saturated rings. The molecular formula is C11H12FN3. The van der Waals surface area contributed by atoms with Crippen molar-refractivity contribution in [3.63, 3.8) is 0 Å². The number of para-hydroxylation sites is 1. The van der Waals surface area contributed by atoms with Gasteiger partial charge in [-0.2, -0.15) is 5.10 Å². The molecule has 0 spiro atoms. The average Bonchev–Trinajstić information content (AvgIpc) is 2.50. The standard InChI is InChI=1S/C11H12FN3/c1-7-6-8(2)15(14-7)10-5-3-4-9(12)11(10)13/h3-6H,13H2,1-2H3. The molecule has 78 valence electrons. The Labute approximate surface area is 87.3 Å². The summed E-state index contributed by atoms with van der Waals surface area (Å²) in [5, 5.41) is 4.25. The van der Waals surface area contributed by atoms with Crippen LogP contribution in [0.2, 0.25) is 0 Å². The van der Waals surface area contributed by atoms with E-state index in [-0.39, 0.29) is 5.69 Å². The summed E-state index contributed by atoms with van der Waals surface area (Å²) in [6, 6.07) is 6.63. The molecule has 1 heterocycles. The molecule has 0 saturated heterocycles. The first-order chi connectivity index (χ1) is 7.09. The van der Waals surface area contributed by atoms with Crippen LogP contribution in [0.1, 0.15) is 11.4 Å². The molecule has 0 bridgehead atoms. The normalized spacial score (nSPS) is 10.6. The molecule has 3 nitrogen and oxygen atoms in total. The number of halogens is 1. The van der Waals surface area contributed by atoms with E-state index in [9.17, 15) is 4.39 Å². The first kappa shape index (κ1) is 9.71. The molecular weight excluding hydrogens is 193 g/mol. The van der Waals surface area contributed by atoms with Crippen LogP contribution >= 0.6 is 0 Å². The largest absolute Gasteiger partial charge is 0.395 e. The van der Waals surface area contributed by atoms with Gasteiger partial charge in [-0.05, 0) is 32.0 Å². The molecule has 0 radical (unpaired) electrons. The second-order valence-electron chi connectivity index (χ2n) is 3.51. The molecule has 0 aliphatic carbocycles. The van der Waals surface area contributed by atoms with Gasteiger partial charge in [-0.15, -0.1) is 0 Å². The highest BCUT2D eigenvalue weighted by Crippen LogP contribution is 2.21. The predicted molar refractivity (Wildman–Crippen MR) is 57.4 cm³/mol. The lowest BCUT2D eigenvalue weighted by atomic mass is 10.2. The summed E-state index contributed by atoms with van der Waals surface area (Å²) in [5.74, 6) is -0.417. The fraction of sp³-hybridized carbons (Fsp3) is 0.182. The van der Waals surface area contributed by atoms with Gasteiger partial charge in [-0.25, -0.2) is 9.07 Å². The number of aryl methyl sites for hydroxylation is 2. The first-order valence-electron chi connectivity index (χ1n) is 4.67. The van der Waals surface area contributed by atoms with Gasteiger partial charge in [-0.3, -0.25) is 0 Å². The van der Waals surface area contributed by atoms with Crippen molar-refractivity contribution in [2.75, 3.05) is 5.73 Å². The monoisotopic (exact) mass is 205 g/mol. The zero-order valence-electron chi connectivity index (χ0n) is 8.66. The van der Waals surface area contributed by atoms with Crippen LogP contribution in [0.5, 0.6) is 0 Å². The lowest BCUT2D eigenvalue weighted by molar-refractivity contribution is 0.630. The maximum absolute atomic E-state index is 13.2. The van der Waals surface area contributed by atoms with E-state index >= 15 is 0 Å². The third kappa shape index (κ3) is 1.58. The molecule has 1 aromatic heterocycles. The number of nitrogen functional groups attached to an aromatic ring is 1.